The van der Waals surface area contributed by atoms with Gasteiger partial charge in [-0.05, 0) is 13.0 Å². The molecule has 2 amide bonds. The molecule has 7 nitrogen and oxygen atoms in total. The van der Waals surface area contributed by atoms with Crippen LogP contribution in [0.4, 0.5) is 10.6 Å². The van der Waals surface area contributed by atoms with Crippen LogP contribution in [0.5, 0.6) is 0 Å². The standard InChI is InChI=1S/C16H21N5O2S/c1-12-10-13-14(17-11-18-15(13)24-12)19-2-4-20(5-3-19)16(22)21-6-8-23-9-7-21/h10-11H,2-9H2,1H3. The Balaban J connectivity index is 1.44. The summed E-state index contributed by atoms with van der Waals surface area (Å²) in [5.74, 6) is 0.989. The summed E-state index contributed by atoms with van der Waals surface area (Å²) in [6, 6.07) is 2.29. The molecule has 4 rings (SSSR count). The van der Waals surface area contributed by atoms with Gasteiger partial charge in [0.25, 0.3) is 0 Å². The fourth-order valence-corrected chi connectivity index (χ4v) is 4.12. The fourth-order valence-electron chi connectivity index (χ4n) is 3.28. The summed E-state index contributed by atoms with van der Waals surface area (Å²) in [5.41, 5.74) is 0. The number of hydrogen-bond acceptors (Lipinski definition) is 6. The molecule has 0 radical (unpaired) electrons. The van der Waals surface area contributed by atoms with Crippen molar-refractivity contribution in [1.29, 1.82) is 0 Å². The van der Waals surface area contributed by atoms with Crippen molar-refractivity contribution >= 4 is 33.4 Å². The zero-order valence-corrected chi connectivity index (χ0v) is 14.6. The lowest BCUT2D eigenvalue weighted by Crippen LogP contribution is -2.55. The summed E-state index contributed by atoms with van der Waals surface area (Å²) in [6.45, 7) is 7.82. The lowest BCUT2D eigenvalue weighted by atomic mass is 10.2. The first-order chi connectivity index (χ1) is 11.7. The number of carbonyl (C=O) groups excluding carboxylic acids is 1. The van der Waals surface area contributed by atoms with Crippen molar-refractivity contribution in [2.75, 3.05) is 57.4 Å². The molecule has 0 aromatic carbocycles. The van der Waals surface area contributed by atoms with Crippen LogP contribution in [0.15, 0.2) is 12.4 Å². The lowest BCUT2D eigenvalue weighted by molar-refractivity contribution is 0.0428. The molecule has 2 fully saturated rings. The molecule has 4 heterocycles. The number of aryl methyl sites for hydroxylation is 1. The highest BCUT2D eigenvalue weighted by Gasteiger charge is 2.27. The summed E-state index contributed by atoms with van der Waals surface area (Å²) in [4.78, 5) is 29.8. The minimum absolute atomic E-state index is 0.136. The van der Waals surface area contributed by atoms with Crippen molar-refractivity contribution in [2.45, 2.75) is 6.92 Å². The Labute approximate surface area is 144 Å². The van der Waals surface area contributed by atoms with E-state index < -0.39 is 0 Å². The van der Waals surface area contributed by atoms with Crippen molar-refractivity contribution < 1.29 is 9.53 Å². The van der Waals surface area contributed by atoms with Gasteiger partial charge in [-0.2, -0.15) is 0 Å². The topological polar surface area (TPSA) is 61.8 Å². The molecule has 2 saturated heterocycles. The zero-order chi connectivity index (χ0) is 16.5. The first-order valence-corrected chi connectivity index (χ1v) is 9.12. The largest absolute Gasteiger partial charge is 0.378 e. The van der Waals surface area contributed by atoms with Crippen molar-refractivity contribution in [3.8, 4) is 0 Å². The van der Waals surface area contributed by atoms with E-state index in [0.29, 0.717) is 26.3 Å². The molecular formula is C16H21N5O2S. The molecule has 2 aromatic heterocycles. The average Bonchev–Trinajstić information content (AvgIpc) is 3.02. The highest BCUT2D eigenvalue weighted by Crippen LogP contribution is 2.30. The maximum absolute atomic E-state index is 12.6. The molecule has 2 aliphatic heterocycles. The molecule has 0 saturated carbocycles. The van der Waals surface area contributed by atoms with Crippen molar-refractivity contribution in [1.82, 2.24) is 19.8 Å². The van der Waals surface area contributed by atoms with Crippen LogP contribution in [0.25, 0.3) is 10.2 Å². The second kappa shape index (κ2) is 6.52. The van der Waals surface area contributed by atoms with E-state index in [2.05, 4.69) is 27.9 Å². The summed E-state index contributed by atoms with van der Waals surface area (Å²) >= 11 is 1.69. The highest BCUT2D eigenvalue weighted by atomic mass is 32.1. The van der Waals surface area contributed by atoms with E-state index >= 15 is 0 Å². The Morgan fingerprint density at radius 3 is 2.54 bits per heavy atom. The fraction of sp³-hybridized carbons (Fsp3) is 0.562. The normalized spacial score (nSPS) is 19.1. The quantitative estimate of drug-likeness (QED) is 0.784. The van der Waals surface area contributed by atoms with E-state index in [9.17, 15) is 4.79 Å². The molecule has 0 spiro atoms. The Bertz CT molecular complexity index is 735. The number of urea groups is 1. The van der Waals surface area contributed by atoms with Gasteiger partial charge in [0.15, 0.2) is 0 Å². The van der Waals surface area contributed by atoms with E-state index in [1.807, 2.05) is 9.80 Å². The smallest absolute Gasteiger partial charge is 0.320 e. The van der Waals surface area contributed by atoms with Gasteiger partial charge in [-0.3, -0.25) is 0 Å². The molecule has 0 N–H and O–H groups in total. The molecule has 0 unspecified atom stereocenters. The van der Waals surface area contributed by atoms with Crippen LogP contribution in [-0.2, 0) is 4.74 Å². The second-order valence-electron chi connectivity index (χ2n) is 6.13. The number of anilines is 1. The molecule has 24 heavy (non-hydrogen) atoms. The van der Waals surface area contributed by atoms with Gasteiger partial charge in [0.05, 0.1) is 18.6 Å². The number of amides is 2. The van der Waals surface area contributed by atoms with Gasteiger partial charge in [0.1, 0.15) is 17.0 Å². The monoisotopic (exact) mass is 347 g/mol. The Hall–Kier alpha value is -1.93. The summed E-state index contributed by atoms with van der Waals surface area (Å²) in [6.07, 6.45) is 1.64. The van der Waals surface area contributed by atoms with Crippen molar-refractivity contribution in [3.05, 3.63) is 17.3 Å². The van der Waals surface area contributed by atoms with Gasteiger partial charge in [-0.25, -0.2) is 14.8 Å². The van der Waals surface area contributed by atoms with Gasteiger partial charge >= 0.3 is 6.03 Å². The maximum atomic E-state index is 12.6. The zero-order valence-electron chi connectivity index (χ0n) is 13.8. The molecular weight excluding hydrogens is 326 g/mol. The molecule has 0 aliphatic carbocycles. The van der Waals surface area contributed by atoms with Gasteiger partial charge in [-0.15, -0.1) is 11.3 Å². The number of rotatable bonds is 1. The van der Waals surface area contributed by atoms with Crippen LogP contribution in [0.2, 0.25) is 0 Å². The van der Waals surface area contributed by atoms with E-state index in [0.717, 1.165) is 42.2 Å². The molecule has 2 aliphatic rings. The molecule has 128 valence electrons. The van der Waals surface area contributed by atoms with Gasteiger partial charge in [0.2, 0.25) is 0 Å². The second-order valence-corrected chi connectivity index (χ2v) is 7.36. The molecule has 0 bridgehead atoms. The summed E-state index contributed by atoms with van der Waals surface area (Å²) in [7, 11) is 0. The number of aromatic nitrogens is 2. The molecule has 0 atom stereocenters. The SMILES string of the molecule is Cc1cc2c(N3CCN(C(=O)N4CCOCC4)CC3)ncnc2s1. The van der Waals surface area contributed by atoms with E-state index in [-0.39, 0.29) is 6.03 Å². The van der Waals surface area contributed by atoms with Crippen LogP contribution >= 0.6 is 11.3 Å². The summed E-state index contributed by atoms with van der Waals surface area (Å²) < 4.78 is 5.32. The maximum Gasteiger partial charge on any atom is 0.320 e. The third kappa shape index (κ3) is 2.91. The van der Waals surface area contributed by atoms with Crippen LogP contribution in [0.3, 0.4) is 0 Å². The minimum Gasteiger partial charge on any atom is -0.378 e. The number of morpholine rings is 1. The predicted octanol–water partition coefficient (Wildman–Crippen LogP) is 1.57. The first-order valence-electron chi connectivity index (χ1n) is 8.30. The molecule has 2 aromatic rings. The number of thiophene rings is 1. The Morgan fingerprint density at radius 2 is 1.79 bits per heavy atom. The predicted molar refractivity (Wildman–Crippen MR) is 93.7 cm³/mol. The first kappa shape index (κ1) is 15.6. The van der Waals surface area contributed by atoms with E-state index in [4.69, 9.17) is 4.74 Å². The highest BCUT2D eigenvalue weighted by molar-refractivity contribution is 7.18. The number of hydrogen-bond donors (Lipinski definition) is 0. The van der Waals surface area contributed by atoms with Crippen LogP contribution in [0, 0.1) is 6.92 Å². The van der Waals surface area contributed by atoms with Gasteiger partial charge in [-0.1, -0.05) is 0 Å². The van der Waals surface area contributed by atoms with Crippen molar-refractivity contribution in [2.24, 2.45) is 0 Å². The van der Waals surface area contributed by atoms with E-state index in [1.165, 1.54) is 4.88 Å². The van der Waals surface area contributed by atoms with Crippen LogP contribution in [0.1, 0.15) is 4.88 Å². The average molecular weight is 347 g/mol. The van der Waals surface area contributed by atoms with Crippen LogP contribution in [-0.4, -0.2) is 78.3 Å². The van der Waals surface area contributed by atoms with Gasteiger partial charge in [0, 0.05) is 44.1 Å². The van der Waals surface area contributed by atoms with Crippen molar-refractivity contribution in [3.63, 3.8) is 0 Å². The number of carbonyl (C=O) groups is 1. The minimum atomic E-state index is 0.136. The van der Waals surface area contributed by atoms with Gasteiger partial charge < -0.3 is 19.4 Å². The summed E-state index contributed by atoms with van der Waals surface area (Å²) in [5, 5.41) is 1.12. The number of nitrogens with zero attached hydrogens (tertiary/aromatic N) is 5. The third-order valence-electron chi connectivity index (χ3n) is 4.56. The number of fused-ring (bicyclic) bond motifs is 1. The number of ether oxygens (including phenoxy) is 1. The lowest BCUT2D eigenvalue weighted by Gasteiger charge is -2.39. The third-order valence-corrected chi connectivity index (χ3v) is 5.52. The van der Waals surface area contributed by atoms with E-state index in [1.54, 1.807) is 17.7 Å². The Morgan fingerprint density at radius 1 is 1.08 bits per heavy atom. The van der Waals surface area contributed by atoms with Crippen LogP contribution < -0.4 is 4.90 Å². The Kier molecular flexibility index (Phi) is 4.24. The number of piperazine rings is 1. The molecule has 8 heteroatoms.